The van der Waals surface area contributed by atoms with Gasteiger partial charge < -0.3 is 9.47 Å². The SMILES string of the molecule is O=C(COc1ccc(F)cc1)N(CCCN1CCOCC1)c1nc2ccc(F)cc2s1. The Bertz CT molecular complexity index is 1020. The van der Waals surface area contributed by atoms with Crippen molar-refractivity contribution in [2.75, 3.05) is 50.9 Å². The molecule has 1 amide bonds. The number of aromatic nitrogens is 1. The molecule has 4 rings (SSSR count). The van der Waals surface area contributed by atoms with E-state index in [1.807, 2.05) is 0 Å². The first-order valence-corrected chi connectivity index (χ1v) is 10.9. The van der Waals surface area contributed by atoms with Crippen LogP contribution in [0.5, 0.6) is 5.75 Å². The Morgan fingerprint density at radius 1 is 1.13 bits per heavy atom. The minimum absolute atomic E-state index is 0.201. The molecule has 1 aliphatic rings. The van der Waals surface area contributed by atoms with Gasteiger partial charge in [-0.05, 0) is 48.9 Å². The first kappa shape index (κ1) is 21.6. The van der Waals surface area contributed by atoms with E-state index < -0.39 is 0 Å². The quantitative estimate of drug-likeness (QED) is 0.527. The van der Waals surface area contributed by atoms with Gasteiger partial charge in [0.25, 0.3) is 5.91 Å². The van der Waals surface area contributed by atoms with E-state index in [1.165, 1.54) is 47.7 Å². The molecule has 0 bridgehead atoms. The van der Waals surface area contributed by atoms with Crippen LogP contribution in [0.2, 0.25) is 0 Å². The Kier molecular flexibility index (Phi) is 7.06. The lowest BCUT2D eigenvalue weighted by Crippen LogP contribution is -2.40. The smallest absolute Gasteiger partial charge is 0.266 e. The van der Waals surface area contributed by atoms with Crippen molar-refractivity contribution in [2.24, 2.45) is 0 Å². The molecular formula is C22H23F2N3O3S. The van der Waals surface area contributed by atoms with E-state index in [9.17, 15) is 13.6 Å². The molecule has 1 fully saturated rings. The standard InChI is InChI=1S/C22H23F2N3O3S/c23-16-2-5-18(6-3-16)30-15-21(28)27(9-1-8-26-10-12-29-13-11-26)22-25-19-7-4-17(24)14-20(19)31-22/h2-7,14H,1,8-13,15H2. The van der Waals surface area contributed by atoms with Gasteiger partial charge in [0.15, 0.2) is 11.7 Å². The van der Waals surface area contributed by atoms with Gasteiger partial charge in [0.2, 0.25) is 0 Å². The fraction of sp³-hybridized carbons (Fsp3) is 0.364. The van der Waals surface area contributed by atoms with Gasteiger partial charge in [0.05, 0.1) is 23.4 Å². The molecule has 9 heteroatoms. The maximum Gasteiger partial charge on any atom is 0.266 e. The number of amides is 1. The Labute approximate surface area is 183 Å². The summed E-state index contributed by atoms with van der Waals surface area (Å²) in [6.07, 6.45) is 0.757. The fourth-order valence-corrected chi connectivity index (χ4v) is 4.39. The maximum atomic E-state index is 13.6. The highest BCUT2D eigenvalue weighted by Gasteiger charge is 2.21. The average molecular weight is 448 g/mol. The normalized spacial score (nSPS) is 14.6. The van der Waals surface area contributed by atoms with Crippen LogP contribution in [-0.2, 0) is 9.53 Å². The highest BCUT2D eigenvalue weighted by Crippen LogP contribution is 2.29. The molecule has 1 aromatic heterocycles. The molecule has 0 N–H and O–H groups in total. The number of thiazole rings is 1. The molecule has 164 valence electrons. The minimum atomic E-state index is -0.370. The summed E-state index contributed by atoms with van der Waals surface area (Å²) in [7, 11) is 0. The number of rotatable bonds is 8. The summed E-state index contributed by atoms with van der Waals surface area (Å²) in [5, 5.41) is 0.510. The zero-order valence-electron chi connectivity index (χ0n) is 16.9. The zero-order valence-corrected chi connectivity index (χ0v) is 17.7. The van der Waals surface area contributed by atoms with Crippen molar-refractivity contribution in [1.29, 1.82) is 0 Å². The highest BCUT2D eigenvalue weighted by atomic mass is 32.1. The van der Waals surface area contributed by atoms with E-state index in [2.05, 4.69) is 9.88 Å². The summed E-state index contributed by atoms with van der Waals surface area (Å²) in [6, 6.07) is 9.90. The lowest BCUT2D eigenvalue weighted by molar-refractivity contribution is -0.120. The van der Waals surface area contributed by atoms with Crippen LogP contribution in [0.15, 0.2) is 42.5 Å². The summed E-state index contributed by atoms with van der Waals surface area (Å²) in [5.41, 5.74) is 0.645. The number of benzene rings is 2. The minimum Gasteiger partial charge on any atom is -0.484 e. The van der Waals surface area contributed by atoms with E-state index in [1.54, 1.807) is 11.0 Å². The van der Waals surface area contributed by atoms with Gasteiger partial charge in [-0.15, -0.1) is 0 Å². The van der Waals surface area contributed by atoms with Crippen LogP contribution in [0.1, 0.15) is 6.42 Å². The van der Waals surface area contributed by atoms with Crippen LogP contribution in [0.25, 0.3) is 10.2 Å². The molecule has 0 unspecified atom stereocenters. The number of carbonyl (C=O) groups is 1. The Morgan fingerprint density at radius 2 is 1.87 bits per heavy atom. The Hall–Kier alpha value is -2.62. The monoisotopic (exact) mass is 447 g/mol. The summed E-state index contributed by atoms with van der Waals surface area (Å²) in [6.45, 7) is 4.30. The summed E-state index contributed by atoms with van der Waals surface area (Å²) in [4.78, 5) is 21.4. The first-order chi connectivity index (χ1) is 15.1. The van der Waals surface area contributed by atoms with Crippen molar-refractivity contribution in [1.82, 2.24) is 9.88 Å². The molecular weight excluding hydrogens is 424 g/mol. The zero-order chi connectivity index (χ0) is 21.6. The number of carbonyl (C=O) groups excluding carboxylic acids is 1. The summed E-state index contributed by atoms with van der Waals surface area (Å²) >= 11 is 1.27. The van der Waals surface area contributed by atoms with Crippen LogP contribution in [0, 0.1) is 11.6 Å². The molecule has 0 radical (unpaired) electrons. The van der Waals surface area contributed by atoms with Gasteiger partial charge in [0, 0.05) is 26.2 Å². The van der Waals surface area contributed by atoms with Gasteiger partial charge in [-0.1, -0.05) is 11.3 Å². The third-order valence-corrected chi connectivity index (χ3v) is 6.05. The molecule has 3 aromatic rings. The molecule has 0 atom stereocenters. The molecule has 1 saturated heterocycles. The molecule has 0 saturated carbocycles. The van der Waals surface area contributed by atoms with Crippen molar-refractivity contribution < 1.29 is 23.0 Å². The molecule has 1 aliphatic heterocycles. The van der Waals surface area contributed by atoms with E-state index in [4.69, 9.17) is 9.47 Å². The van der Waals surface area contributed by atoms with E-state index in [0.717, 1.165) is 39.3 Å². The number of fused-ring (bicyclic) bond motifs is 1. The lowest BCUT2D eigenvalue weighted by atomic mass is 10.3. The highest BCUT2D eigenvalue weighted by molar-refractivity contribution is 7.22. The largest absolute Gasteiger partial charge is 0.484 e. The van der Waals surface area contributed by atoms with Gasteiger partial charge in [-0.2, -0.15) is 0 Å². The Balaban J connectivity index is 1.46. The molecule has 0 spiro atoms. The van der Waals surface area contributed by atoms with Crippen LogP contribution in [0.3, 0.4) is 0 Å². The third kappa shape index (κ3) is 5.75. The number of hydrogen-bond acceptors (Lipinski definition) is 6. The van der Waals surface area contributed by atoms with Gasteiger partial charge >= 0.3 is 0 Å². The lowest BCUT2D eigenvalue weighted by Gasteiger charge is -2.27. The second-order valence-electron chi connectivity index (χ2n) is 7.20. The number of morpholine rings is 1. The average Bonchev–Trinajstić information content (AvgIpc) is 3.19. The number of nitrogens with zero attached hydrogens (tertiary/aromatic N) is 3. The molecule has 2 aromatic carbocycles. The van der Waals surface area contributed by atoms with Crippen LogP contribution < -0.4 is 9.64 Å². The number of anilines is 1. The predicted octanol–water partition coefficient (Wildman–Crippen LogP) is 3.71. The predicted molar refractivity (Wildman–Crippen MR) is 116 cm³/mol. The van der Waals surface area contributed by atoms with Crippen molar-refractivity contribution in [3.05, 3.63) is 54.1 Å². The van der Waals surface area contributed by atoms with Crippen molar-refractivity contribution in [3.63, 3.8) is 0 Å². The molecule has 2 heterocycles. The van der Waals surface area contributed by atoms with Crippen molar-refractivity contribution in [3.8, 4) is 5.75 Å². The van der Waals surface area contributed by atoms with Gasteiger partial charge in [-0.3, -0.25) is 14.6 Å². The second kappa shape index (κ2) is 10.1. The van der Waals surface area contributed by atoms with Gasteiger partial charge in [-0.25, -0.2) is 13.8 Å². The molecule has 0 aliphatic carbocycles. The fourth-order valence-electron chi connectivity index (χ4n) is 3.36. The van der Waals surface area contributed by atoms with E-state index in [-0.39, 0.29) is 24.1 Å². The summed E-state index contributed by atoms with van der Waals surface area (Å²) in [5.74, 6) is -0.558. The Morgan fingerprint density at radius 3 is 2.65 bits per heavy atom. The third-order valence-electron chi connectivity index (χ3n) is 5.01. The number of halogens is 2. The van der Waals surface area contributed by atoms with Crippen LogP contribution in [-0.4, -0.2) is 61.8 Å². The van der Waals surface area contributed by atoms with Crippen molar-refractivity contribution in [2.45, 2.75) is 6.42 Å². The number of ether oxygens (including phenoxy) is 2. The second-order valence-corrected chi connectivity index (χ2v) is 8.21. The van der Waals surface area contributed by atoms with Gasteiger partial charge in [0.1, 0.15) is 17.4 Å². The topological polar surface area (TPSA) is 54.9 Å². The van der Waals surface area contributed by atoms with Crippen LogP contribution >= 0.6 is 11.3 Å². The first-order valence-electron chi connectivity index (χ1n) is 10.1. The summed E-state index contributed by atoms with van der Waals surface area (Å²) < 4.78 is 38.3. The van der Waals surface area contributed by atoms with E-state index in [0.29, 0.717) is 27.6 Å². The maximum absolute atomic E-state index is 13.6. The van der Waals surface area contributed by atoms with Crippen molar-refractivity contribution >= 4 is 32.6 Å². The molecule has 31 heavy (non-hydrogen) atoms. The number of hydrogen-bond donors (Lipinski definition) is 0. The van der Waals surface area contributed by atoms with Crippen LogP contribution in [0.4, 0.5) is 13.9 Å². The molecule has 6 nitrogen and oxygen atoms in total. The van der Waals surface area contributed by atoms with E-state index >= 15 is 0 Å².